The van der Waals surface area contributed by atoms with Gasteiger partial charge in [0.15, 0.2) is 28.5 Å². The van der Waals surface area contributed by atoms with E-state index < -0.39 is 30.5 Å². The molecule has 0 bridgehead atoms. The number of nitrogens with zero attached hydrogens (tertiary/aromatic N) is 13. The van der Waals surface area contributed by atoms with E-state index in [0.717, 1.165) is 67.3 Å². The van der Waals surface area contributed by atoms with Gasteiger partial charge in [-0.05, 0) is 115 Å². The highest BCUT2D eigenvalue weighted by molar-refractivity contribution is 7.94. The van der Waals surface area contributed by atoms with Crippen LogP contribution in [-0.4, -0.2) is 148 Å². The van der Waals surface area contributed by atoms with Gasteiger partial charge in [0.2, 0.25) is 0 Å². The molecule has 7 aromatic carbocycles. The van der Waals surface area contributed by atoms with Crippen LogP contribution in [0.1, 0.15) is 75.0 Å². The van der Waals surface area contributed by atoms with Crippen molar-refractivity contribution >= 4 is 46.2 Å². The highest BCUT2D eigenvalue weighted by Gasteiger charge is 2.41. The van der Waals surface area contributed by atoms with Crippen LogP contribution in [0.25, 0.3) is 67.6 Å². The van der Waals surface area contributed by atoms with E-state index in [1.165, 1.54) is 25.3 Å². The molecular formula is C68H85N15O14S2+2. The lowest BCUT2D eigenvalue weighted by Crippen LogP contribution is -2.57. The van der Waals surface area contributed by atoms with E-state index in [1.54, 1.807) is 85.0 Å². The summed E-state index contributed by atoms with van der Waals surface area (Å²) >= 11 is 1.81. The molecule has 1 aliphatic heterocycles. The van der Waals surface area contributed by atoms with E-state index in [1.807, 2.05) is 157 Å². The summed E-state index contributed by atoms with van der Waals surface area (Å²) < 4.78 is 13.8. The maximum absolute atomic E-state index is 9.55. The molecule has 5 aromatic heterocycles. The molecule has 29 nitrogen and oxygen atoms in total. The average Bonchev–Trinajstić information content (AvgIpc) is 1.66. The summed E-state index contributed by atoms with van der Waals surface area (Å²) in [5.41, 5.74) is 7.13. The normalized spacial score (nSPS) is 14.5. The molecule has 1 aliphatic rings. The Kier molecular flexibility index (Phi) is 38.3. The number of aryl methyl sites for hydroxylation is 2. The number of fused-ring (bicyclic) bond motifs is 2. The van der Waals surface area contributed by atoms with Crippen molar-refractivity contribution in [2.24, 2.45) is 0 Å². The van der Waals surface area contributed by atoms with E-state index in [-0.39, 0.29) is 38.7 Å². The van der Waals surface area contributed by atoms with E-state index in [2.05, 4.69) is 84.0 Å². The summed E-state index contributed by atoms with van der Waals surface area (Å²) in [4.78, 5) is 40.5. The first kappa shape index (κ1) is 83.3. The van der Waals surface area contributed by atoms with Crippen LogP contribution < -0.4 is 10.2 Å². The van der Waals surface area contributed by atoms with E-state index >= 15 is 0 Å². The third-order valence-electron chi connectivity index (χ3n) is 12.6. The Morgan fingerprint density at radius 2 is 0.828 bits per heavy atom. The first-order valence-electron chi connectivity index (χ1n) is 30.1. The van der Waals surface area contributed by atoms with Crippen molar-refractivity contribution in [3.63, 3.8) is 0 Å². The minimum atomic E-state index is -1.24. The summed E-state index contributed by atoms with van der Waals surface area (Å²) in [6.07, 6.45) is 0.728. The molecule has 0 spiro atoms. The molecule has 99 heavy (non-hydrogen) atoms. The van der Waals surface area contributed by atoms with Crippen molar-refractivity contribution in [1.29, 1.82) is 0 Å². The fourth-order valence-electron chi connectivity index (χ4n) is 8.14. The van der Waals surface area contributed by atoms with Crippen LogP contribution in [-0.2, 0) is 23.5 Å². The maximum atomic E-state index is 9.55. The summed E-state index contributed by atoms with van der Waals surface area (Å²) in [6, 6.07) is 51.4. The number of phenols is 3. The third-order valence-corrected chi connectivity index (χ3v) is 13.7. The second-order valence-electron chi connectivity index (χ2n) is 18.8. The van der Waals surface area contributed by atoms with Crippen molar-refractivity contribution in [3.05, 3.63) is 207 Å². The number of ether oxygens (including phenoxy) is 1. The van der Waals surface area contributed by atoms with Crippen molar-refractivity contribution in [3.8, 4) is 62.8 Å². The van der Waals surface area contributed by atoms with Crippen molar-refractivity contribution in [1.82, 2.24) is 64.6 Å². The topological polar surface area (TPSA) is 408 Å². The quantitative estimate of drug-likeness (QED) is 0.0312. The number of aromatic amines is 2. The summed E-state index contributed by atoms with van der Waals surface area (Å²) in [5.74, 6) is 3.28. The van der Waals surface area contributed by atoms with Gasteiger partial charge in [0.05, 0.1) is 63.7 Å². The molecule has 12 aromatic rings. The van der Waals surface area contributed by atoms with Crippen LogP contribution in [0.3, 0.4) is 0 Å². The van der Waals surface area contributed by atoms with Gasteiger partial charge in [0.1, 0.15) is 90.0 Å². The smallest absolute Gasteiger partial charge is 0.250 e. The summed E-state index contributed by atoms with van der Waals surface area (Å²) in [7, 11) is 0. The van der Waals surface area contributed by atoms with Crippen LogP contribution in [0.15, 0.2) is 205 Å². The molecule has 11 N–H and O–H groups in total. The average molecular weight is 1400 g/mol. The molecule has 0 radical (unpaired) electrons. The highest BCUT2D eigenvalue weighted by atomic mass is 32.2. The predicted molar refractivity (Wildman–Crippen MR) is 374 cm³/mol. The predicted octanol–water partition coefficient (Wildman–Crippen LogP) is 11.1. The van der Waals surface area contributed by atoms with Gasteiger partial charge in [0.25, 0.3) is 11.0 Å². The molecule has 0 saturated carbocycles. The molecule has 31 heteroatoms. The minimum absolute atomic E-state index is 0. The molecule has 526 valence electrons. The van der Waals surface area contributed by atoms with Crippen LogP contribution >= 0.6 is 24.1 Å². The number of nitrogens with one attached hydrogen (secondary N) is 2. The number of aliphatic hydroxyl groups excluding tert-OH is 4. The zero-order chi connectivity index (χ0) is 70.5. The second kappa shape index (κ2) is 45.5. The van der Waals surface area contributed by atoms with Gasteiger partial charge in [-0.3, -0.25) is 0 Å². The van der Waals surface area contributed by atoms with Gasteiger partial charge in [-0.2, -0.15) is 10.2 Å². The lowest BCUT2D eigenvalue weighted by molar-refractivity contribution is -0.454. The molecule has 1 unspecified atom stereocenters. The van der Waals surface area contributed by atoms with Gasteiger partial charge in [-0.1, -0.05) is 139 Å². The lowest BCUT2D eigenvalue weighted by atomic mass is 9.96. The Hall–Kier alpha value is -9.97. The van der Waals surface area contributed by atoms with E-state index in [9.17, 15) is 30.6 Å². The Morgan fingerprint density at radius 3 is 1.19 bits per heavy atom. The molecule has 1 fully saturated rings. The Balaban J connectivity index is 0.000000305. The summed E-state index contributed by atoms with van der Waals surface area (Å²) in [6.45, 7) is 16.8. The fraction of sp³-hybridized carbons (Fsp3) is 0.250. The van der Waals surface area contributed by atoms with Crippen LogP contribution in [0, 0.1) is 13.8 Å². The number of phenolic OH excluding ortho intramolecular Hbond substituents is 3. The maximum Gasteiger partial charge on any atom is 0.250 e. The monoisotopic (exact) mass is 1400 g/mol. The van der Waals surface area contributed by atoms with Gasteiger partial charge in [0, 0.05) is 21.9 Å². The van der Waals surface area contributed by atoms with Crippen LogP contribution in [0.2, 0.25) is 0 Å². The first-order valence-corrected chi connectivity index (χ1v) is 31.5. The van der Waals surface area contributed by atoms with Gasteiger partial charge >= 0.3 is 0 Å². The molecule has 5 atom stereocenters. The van der Waals surface area contributed by atoms with Crippen LogP contribution in [0.4, 0.5) is 0 Å². The Morgan fingerprint density at radius 1 is 0.465 bits per heavy atom. The molecular weight excluding hydrogens is 1310 g/mol. The van der Waals surface area contributed by atoms with E-state index in [0.29, 0.717) is 45.8 Å². The zero-order valence-electron chi connectivity index (χ0n) is 54.3. The number of H-pyrrole nitrogens is 2. The molecule has 1 saturated heterocycles. The van der Waals surface area contributed by atoms with Crippen LogP contribution in [0.5, 0.6) is 17.2 Å². The molecule has 0 aliphatic carbocycles. The van der Waals surface area contributed by atoms with Crippen molar-refractivity contribution in [2.75, 3.05) is 6.61 Å². The third kappa shape index (κ3) is 25.8. The number of rotatable bonds is 12. The van der Waals surface area contributed by atoms with Crippen molar-refractivity contribution in [2.45, 2.75) is 117 Å². The molecule has 13 rings (SSSR count). The number of benzene rings is 7. The number of para-hydroxylation sites is 5. The molecule has 6 heterocycles. The van der Waals surface area contributed by atoms with E-state index in [4.69, 9.17) is 20.4 Å². The summed E-state index contributed by atoms with van der Waals surface area (Å²) in [5, 5.41) is 104. The van der Waals surface area contributed by atoms with Gasteiger partial charge < -0.3 is 40.5 Å². The SMILES string of the molecule is C.C.CC.CC.CC.CC1O[C@H](CO)[C@H](O)[C@H](O)[C@H]1O.Cc1ncnc(-c2ccccc2O)n1.Cc1ncnc(-c2ccccc2O)n1.OOOSc1ccc2[nH+]n(-c3ccccc3)nc2c1.OOOSc1ccc2[nH+]n(-c3ccccc3)nc2c1.Oc1ccccc1-c1ncncn1. The number of aromatic nitrogens is 15. The van der Waals surface area contributed by atoms with Crippen molar-refractivity contribution < 1.29 is 79.9 Å². The zero-order valence-corrected chi connectivity index (χ0v) is 55.9. The Bertz CT molecular complexity index is 3970. The number of hydrogen-bond donors (Lipinski definition) is 9. The van der Waals surface area contributed by atoms with Gasteiger partial charge in [-0.15, -0.1) is 8.67 Å². The number of hydrogen-bond acceptors (Lipinski definition) is 27. The second-order valence-corrected chi connectivity index (χ2v) is 20.3. The lowest BCUT2D eigenvalue weighted by Gasteiger charge is -2.38. The minimum Gasteiger partial charge on any atom is -0.507 e. The Labute approximate surface area is 581 Å². The standard InChI is InChI=1S/2C12H9N3O3S.2C10H9N3O.C9H7N3O.C7H14O5.3C2H6.2CH4/c2*16-17-18-19-10-6-7-11-12(8-10)14-15(13-11)9-4-2-1-3-5-9;2*1-7-11-6-12-10(13-7)8-4-2-3-5-9(8)14;13-8-4-2-1-3-7(8)9-11-5-10-6-12-9;1-3-5(9)7(11)6(10)4(2-8)12-3;3*1-2;;/h2*1-8,16H;2*2-6,14H,1H3;1-6,13H;3-11H,2H2,1H3;3*1-2H3;2*1H4/p+2/t;;;;;3?,4-,5+,6+,7-;;;;;/m.....1...../s1. The number of aliphatic hydroxyl groups is 4. The van der Waals surface area contributed by atoms with Gasteiger partial charge in [-0.25, -0.2) is 55.4 Å². The largest absolute Gasteiger partial charge is 0.507 e. The molecule has 0 amide bonds. The first-order chi connectivity index (χ1) is 47.2. The highest BCUT2D eigenvalue weighted by Crippen LogP contribution is 2.28. The fourth-order valence-corrected chi connectivity index (χ4v) is 8.92. The number of aromatic hydroxyl groups is 3.